The molecule has 1 unspecified atom stereocenters. The predicted octanol–water partition coefficient (Wildman–Crippen LogP) is 4.05. The van der Waals surface area contributed by atoms with E-state index < -0.39 is 21.1 Å². The van der Waals surface area contributed by atoms with Gasteiger partial charge in [-0.1, -0.05) is 44.2 Å². The van der Waals surface area contributed by atoms with Gasteiger partial charge in [0.1, 0.15) is 11.1 Å². The molecule has 0 aliphatic carbocycles. The first kappa shape index (κ1) is 26.4. The van der Waals surface area contributed by atoms with E-state index in [4.69, 9.17) is 14.9 Å². The molecule has 9 nitrogen and oxygen atoms in total. The lowest BCUT2D eigenvalue weighted by atomic mass is 10.0. The molecule has 1 aliphatic heterocycles. The molecule has 0 spiro atoms. The van der Waals surface area contributed by atoms with Gasteiger partial charge >= 0.3 is 0 Å². The van der Waals surface area contributed by atoms with Crippen LogP contribution < -0.4 is 15.4 Å². The molecule has 3 aromatic rings. The van der Waals surface area contributed by atoms with Gasteiger partial charge in [-0.05, 0) is 24.5 Å². The molecule has 0 saturated carbocycles. The minimum absolute atomic E-state index is 0.0337. The van der Waals surface area contributed by atoms with E-state index in [-0.39, 0.29) is 17.5 Å². The molecule has 0 amide bonds. The Morgan fingerprint density at radius 3 is 2.64 bits per heavy atom. The highest BCUT2D eigenvalue weighted by Gasteiger charge is 2.29. The Hall–Kier alpha value is -2.67. The Morgan fingerprint density at radius 1 is 1.22 bits per heavy atom. The minimum atomic E-state index is -3.99. The number of ether oxygens (including phenoxy) is 1. The quantitative estimate of drug-likeness (QED) is 0.421. The van der Waals surface area contributed by atoms with E-state index in [1.165, 1.54) is 17.4 Å². The van der Waals surface area contributed by atoms with Crippen LogP contribution in [0.5, 0.6) is 0 Å². The normalized spacial score (nSPS) is 15.3. The van der Waals surface area contributed by atoms with Crippen LogP contribution in [0.1, 0.15) is 38.0 Å². The van der Waals surface area contributed by atoms with E-state index in [0.717, 1.165) is 5.13 Å². The summed E-state index contributed by atoms with van der Waals surface area (Å²) in [6.07, 6.45) is 1.81. The van der Waals surface area contributed by atoms with Crippen molar-refractivity contribution in [1.82, 2.24) is 15.0 Å². The summed E-state index contributed by atoms with van der Waals surface area (Å²) in [6, 6.07) is 6.47. The van der Waals surface area contributed by atoms with Crippen molar-refractivity contribution in [2.75, 3.05) is 43.1 Å². The molecule has 0 bridgehead atoms. The fourth-order valence-electron chi connectivity index (χ4n) is 4.03. The van der Waals surface area contributed by atoms with Crippen molar-refractivity contribution < 1.29 is 17.5 Å². The summed E-state index contributed by atoms with van der Waals surface area (Å²) in [5.74, 6) is 0.236. The van der Waals surface area contributed by atoms with Crippen molar-refractivity contribution in [3.8, 4) is 21.8 Å². The second-order valence-corrected chi connectivity index (χ2v) is 11.7. The number of sulfonamides is 1. The summed E-state index contributed by atoms with van der Waals surface area (Å²) in [5, 5.41) is 8.22. The number of anilines is 2. The molecule has 1 saturated heterocycles. The molecule has 1 fully saturated rings. The minimum Gasteiger partial charge on any atom is -0.378 e. The van der Waals surface area contributed by atoms with Crippen LogP contribution in [0.15, 0.2) is 30.5 Å². The fourth-order valence-corrected chi connectivity index (χ4v) is 6.13. The lowest BCUT2D eigenvalue weighted by Crippen LogP contribution is -2.36. The van der Waals surface area contributed by atoms with Crippen molar-refractivity contribution in [3.05, 3.63) is 41.8 Å². The van der Waals surface area contributed by atoms with Crippen LogP contribution in [-0.4, -0.2) is 56.2 Å². The Bertz CT molecular complexity index is 1310. The number of nitrogens with zero attached hydrogens (tertiary/aromatic N) is 4. The predicted molar refractivity (Wildman–Crippen MR) is 141 cm³/mol. The zero-order valence-electron chi connectivity index (χ0n) is 20.6. The number of benzene rings is 1. The number of thiazole rings is 1. The van der Waals surface area contributed by atoms with Crippen LogP contribution in [0.4, 0.5) is 15.5 Å². The second-order valence-electron chi connectivity index (χ2n) is 9.01. The topological polar surface area (TPSA) is 123 Å². The molecule has 36 heavy (non-hydrogen) atoms. The third-order valence-electron chi connectivity index (χ3n) is 5.85. The molecule has 3 heterocycles. The van der Waals surface area contributed by atoms with E-state index in [1.54, 1.807) is 31.3 Å². The van der Waals surface area contributed by atoms with Crippen LogP contribution in [-0.2, 0) is 14.8 Å². The number of rotatable bonds is 9. The number of hydrogen-bond donors (Lipinski definition) is 2. The zero-order valence-corrected chi connectivity index (χ0v) is 22.2. The van der Waals surface area contributed by atoms with Crippen LogP contribution in [0.2, 0.25) is 0 Å². The van der Waals surface area contributed by atoms with Crippen LogP contribution >= 0.6 is 11.3 Å². The van der Waals surface area contributed by atoms with Crippen molar-refractivity contribution in [3.63, 3.8) is 0 Å². The van der Waals surface area contributed by atoms with Gasteiger partial charge in [0.25, 0.3) is 0 Å². The van der Waals surface area contributed by atoms with E-state index in [2.05, 4.69) is 34.0 Å². The van der Waals surface area contributed by atoms with Crippen LogP contribution in [0.3, 0.4) is 0 Å². The van der Waals surface area contributed by atoms with E-state index in [1.807, 2.05) is 0 Å². The van der Waals surface area contributed by atoms with Gasteiger partial charge in [-0.3, -0.25) is 0 Å². The number of nitrogens with one attached hydrogen (secondary N) is 1. The molecular weight excluding hydrogens is 503 g/mol. The molecule has 4 rings (SSSR count). The lowest BCUT2D eigenvalue weighted by molar-refractivity contribution is 0.122. The molecule has 2 aromatic heterocycles. The molecule has 12 heteroatoms. The van der Waals surface area contributed by atoms with Gasteiger partial charge in [-0.15, -0.1) is 0 Å². The lowest BCUT2D eigenvalue weighted by Gasteiger charge is -2.26. The van der Waals surface area contributed by atoms with Crippen molar-refractivity contribution in [2.24, 2.45) is 11.1 Å². The van der Waals surface area contributed by atoms with E-state index in [0.29, 0.717) is 61.0 Å². The van der Waals surface area contributed by atoms with Crippen molar-refractivity contribution >= 4 is 32.4 Å². The zero-order chi connectivity index (χ0) is 25.9. The number of nitrogens with two attached hydrogens (primary N) is 1. The molecule has 194 valence electrons. The maximum atomic E-state index is 15.9. The third kappa shape index (κ3) is 5.83. The fraction of sp³-hybridized carbons (Fsp3) is 0.458. The SMILES string of the molecule is CCC(c1cccc(-c2nc(N3CCOCC3)sc2-c2ccnc(NCC(C)C)n2)c1F)S(N)(=O)=O. The van der Waals surface area contributed by atoms with E-state index in [9.17, 15) is 8.42 Å². The van der Waals surface area contributed by atoms with Gasteiger partial charge < -0.3 is 15.0 Å². The van der Waals surface area contributed by atoms with Gasteiger partial charge in [0.05, 0.1) is 29.5 Å². The number of aromatic nitrogens is 3. The number of primary sulfonamides is 1. The molecule has 1 aromatic carbocycles. The molecule has 3 N–H and O–H groups in total. The largest absolute Gasteiger partial charge is 0.378 e. The van der Waals surface area contributed by atoms with Crippen LogP contribution in [0.25, 0.3) is 21.8 Å². The average molecular weight is 535 g/mol. The van der Waals surface area contributed by atoms with Gasteiger partial charge in [0, 0.05) is 37.0 Å². The monoisotopic (exact) mass is 534 g/mol. The summed E-state index contributed by atoms with van der Waals surface area (Å²) in [4.78, 5) is 16.6. The molecule has 0 radical (unpaired) electrons. The standard InChI is InChI=1S/C24H31FN6O3S2/c1-4-19(36(26,32)33)16-6-5-7-17(20(16)25)21-22(35-24(30-21)31-10-12-34-13-11-31)18-8-9-27-23(29-18)28-14-15(2)3/h5-9,15,19H,4,10-14H2,1-3H3,(H2,26,32,33)(H,27,28,29). The number of halogens is 1. The highest BCUT2D eigenvalue weighted by Crippen LogP contribution is 2.42. The molecule has 1 atom stereocenters. The summed E-state index contributed by atoms with van der Waals surface area (Å²) < 4.78 is 45.7. The second kappa shape index (κ2) is 11.2. The summed E-state index contributed by atoms with van der Waals surface area (Å²) >= 11 is 1.41. The molecular formula is C24H31FN6O3S2. The van der Waals surface area contributed by atoms with Crippen LogP contribution in [0, 0.1) is 11.7 Å². The maximum Gasteiger partial charge on any atom is 0.223 e. The van der Waals surface area contributed by atoms with E-state index >= 15 is 4.39 Å². The average Bonchev–Trinajstić information content (AvgIpc) is 3.29. The first-order valence-electron chi connectivity index (χ1n) is 11.9. The Morgan fingerprint density at radius 2 is 1.97 bits per heavy atom. The van der Waals surface area contributed by atoms with Gasteiger partial charge in [-0.25, -0.2) is 32.9 Å². The first-order valence-corrected chi connectivity index (χ1v) is 14.3. The maximum absolute atomic E-state index is 15.9. The summed E-state index contributed by atoms with van der Waals surface area (Å²) in [7, 11) is -3.99. The van der Waals surface area contributed by atoms with Gasteiger partial charge in [0.2, 0.25) is 16.0 Å². The summed E-state index contributed by atoms with van der Waals surface area (Å²) in [5.41, 5.74) is 1.24. The number of hydrogen-bond acceptors (Lipinski definition) is 9. The van der Waals surface area contributed by atoms with Crippen molar-refractivity contribution in [1.29, 1.82) is 0 Å². The number of morpholine rings is 1. The first-order chi connectivity index (χ1) is 17.2. The smallest absolute Gasteiger partial charge is 0.223 e. The molecule has 1 aliphatic rings. The Balaban J connectivity index is 1.84. The Labute approximate surface area is 215 Å². The third-order valence-corrected chi connectivity index (χ3v) is 8.37. The van der Waals surface area contributed by atoms with Crippen molar-refractivity contribution in [2.45, 2.75) is 32.4 Å². The van der Waals surface area contributed by atoms with Gasteiger partial charge in [-0.2, -0.15) is 0 Å². The summed E-state index contributed by atoms with van der Waals surface area (Å²) in [6.45, 7) is 9.06. The highest BCUT2D eigenvalue weighted by molar-refractivity contribution is 7.89. The van der Waals surface area contributed by atoms with Gasteiger partial charge in [0.15, 0.2) is 5.13 Å². The Kier molecular flexibility index (Phi) is 8.18. The highest BCUT2D eigenvalue weighted by atomic mass is 32.2.